The van der Waals surface area contributed by atoms with Crippen molar-refractivity contribution in [2.24, 2.45) is 5.90 Å². The predicted molar refractivity (Wildman–Crippen MR) is 51.4 cm³/mol. The molecule has 0 saturated carbocycles. The highest BCUT2D eigenvalue weighted by molar-refractivity contribution is 5.31. The summed E-state index contributed by atoms with van der Waals surface area (Å²) in [5.41, 5.74) is -0.373. The third-order valence-corrected chi connectivity index (χ3v) is 2.06. The van der Waals surface area contributed by atoms with Gasteiger partial charge in [-0.1, -0.05) is 12.1 Å². The van der Waals surface area contributed by atoms with Crippen LogP contribution in [0.25, 0.3) is 0 Å². The van der Waals surface area contributed by atoms with Crippen molar-refractivity contribution in [3.63, 3.8) is 0 Å². The van der Waals surface area contributed by atoms with E-state index in [-0.39, 0.29) is 5.75 Å². The number of nitrogens with two attached hydrogens (primary N) is 1. The molecular formula is C10H12F3NO2. The van der Waals surface area contributed by atoms with E-state index in [0.29, 0.717) is 5.56 Å². The van der Waals surface area contributed by atoms with Crippen molar-refractivity contribution in [3.8, 4) is 5.75 Å². The van der Waals surface area contributed by atoms with Crippen molar-refractivity contribution in [3.05, 3.63) is 29.8 Å². The van der Waals surface area contributed by atoms with Gasteiger partial charge in [0.15, 0.2) is 0 Å². The normalized spacial score (nSPS) is 12.6. The molecule has 0 heterocycles. The third kappa shape index (κ3) is 3.39. The summed E-state index contributed by atoms with van der Waals surface area (Å²) >= 11 is 0. The molecule has 16 heavy (non-hydrogen) atoms. The largest absolute Gasteiger partial charge is 0.573 e. The SMILES string of the molecule is CC(C)(ON)c1cccc(OC(F)(F)F)c1. The summed E-state index contributed by atoms with van der Waals surface area (Å²) in [6, 6.07) is 5.50. The smallest absolute Gasteiger partial charge is 0.406 e. The quantitative estimate of drug-likeness (QED) is 0.819. The number of hydrogen-bond acceptors (Lipinski definition) is 3. The molecule has 0 unspecified atom stereocenters. The number of hydrogen-bond donors (Lipinski definition) is 1. The molecule has 0 aliphatic carbocycles. The first-order valence-corrected chi connectivity index (χ1v) is 4.49. The lowest BCUT2D eigenvalue weighted by atomic mass is 9.98. The molecular weight excluding hydrogens is 223 g/mol. The molecule has 0 radical (unpaired) electrons. The number of halogens is 3. The van der Waals surface area contributed by atoms with Crippen LogP contribution in [0.1, 0.15) is 19.4 Å². The van der Waals surface area contributed by atoms with Crippen molar-refractivity contribution in [2.75, 3.05) is 0 Å². The van der Waals surface area contributed by atoms with Gasteiger partial charge in [0.2, 0.25) is 0 Å². The van der Waals surface area contributed by atoms with Crippen molar-refractivity contribution < 1.29 is 22.7 Å². The van der Waals surface area contributed by atoms with Crippen molar-refractivity contribution in [1.82, 2.24) is 0 Å². The molecule has 90 valence electrons. The van der Waals surface area contributed by atoms with Gasteiger partial charge in [0, 0.05) is 0 Å². The van der Waals surface area contributed by atoms with Crippen LogP contribution in [0.3, 0.4) is 0 Å². The standard InChI is InChI=1S/C10H12F3NO2/c1-9(2,16-14)7-4-3-5-8(6-7)15-10(11,12)13/h3-6H,14H2,1-2H3. The lowest BCUT2D eigenvalue weighted by Gasteiger charge is -2.22. The molecule has 6 heteroatoms. The second kappa shape index (κ2) is 4.31. The Labute approximate surface area is 90.9 Å². The lowest BCUT2D eigenvalue weighted by Crippen LogP contribution is -2.25. The fraction of sp³-hybridized carbons (Fsp3) is 0.400. The van der Waals surface area contributed by atoms with E-state index in [4.69, 9.17) is 5.90 Å². The maximum atomic E-state index is 12.0. The highest BCUT2D eigenvalue weighted by Crippen LogP contribution is 2.29. The first-order valence-electron chi connectivity index (χ1n) is 4.49. The Hall–Kier alpha value is -1.27. The van der Waals surface area contributed by atoms with Crippen LogP contribution >= 0.6 is 0 Å². The number of alkyl halides is 3. The van der Waals surface area contributed by atoms with Crippen molar-refractivity contribution in [1.29, 1.82) is 0 Å². The highest BCUT2D eigenvalue weighted by atomic mass is 19.4. The predicted octanol–water partition coefficient (Wildman–Crippen LogP) is 2.71. The molecule has 3 nitrogen and oxygen atoms in total. The zero-order valence-corrected chi connectivity index (χ0v) is 8.84. The van der Waals surface area contributed by atoms with Gasteiger partial charge in [0.25, 0.3) is 0 Å². The van der Waals surface area contributed by atoms with Crippen molar-refractivity contribution in [2.45, 2.75) is 25.8 Å². The van der Waals surface area contributed by atoms with E-state index >= 15 is 0 Å². The Bertz CT molecular complexity index is 363. The molecule has 0 spiro atoms. The average Bonchev–Trinajstić information content (AvgIpc) is 2.15. The fourth-order valence-electron chi connectivity index (χ4n) is 1.14. The van der Waals surface area contributed by atoms with E-state index in [9.17, 15) is 13.2 Å². The Morgan fingerprint density at radius 1 is 1.19 bits per heavy atom. The molecule has 0 aromatic heterocycles. The van der Waals surface area contributed by atoms with Crippen LogP contribution in [-0.2, 0) is 10.4 Å². The third-order valence-electron chi connectivity index (χ3n) is 2.06. The molecule has 1 aromatic rings. The van der Waals surface area contributed by atoms with Gasteiger partial charge in [0.1, 0.15) is 11.4 Å². The zero-order valence-electron chi connectivity index (χ0n) is 8.84. The minimum atomic E-state index is -4.70. The van der Waals surface area contributed by atoms with Crippen LogP contribution in [0.5, 0.6) is 5.75 Å². The van der Waals surface area contributed by atoms with Gasteiger partial charge < -0.3 is 4.74 Å². The first-order chi connectivity index (χ1) is 7.24. The minimum Gasteiger partial charge on any atom is -0.406 e. The van der Waals surface area contributed by atoms with Gasteiger partial charge in [0.05, 0.1) is 0 Å². The number of rotatable bonds is 3. The lowest BCUT2D eigenvalue weighted by molar-refractivity contribution is -0.274. The van der Waals surface area contributed by atoms with Gasteiger partial charge in [-0.05, 0) is 31.5 Å². The summed E-state index contributed by atoms with van der Waals surface area (Å²) in [6.07, 6.45) is -4.70. The average molecular weight is 235 g/mol. The number of ether oxygens (including phenoxy) is 1. The Morgan fingerprint density at radius 2 is 1.81 bits per heavy atom. The van der Waals surface area contributed by atoms with Crippen LogP contribution in [0.15, 0.2) is 24.3 Å². The van der Waals surface area contributed by atoms with Gasteiger partial charge in [-0.3, -0.25) is 4.84 Å². The van der Waals surface area contributed by atoms with Gasteiger partial charge >= 0.3 is 6.36 Å². The summed E-state index contributed by atoms with van der Waals surface area (Å²) in [4.78, 5) is 4.67. The summed E-state index contributed by atoms with van der Waals surface area (Å²) in [7, 11) is 0. The van der Waals surface area contributed by atoms with E-state index in [0.717, 1.165) is 0 Å². The van der Waals surface area contributed by atoms with Crippen LogP contribution < -0.4 is 10.6 Å². The van der Waals surface area contributed by atoms with E-state index in [2.05, 4.69) is 9.57 Å². The van der Waals surface area contributed by atoms with E-state index in [1.807, 2.05) is 0 Å². The van der Waals surface area contributed by atoms with Crippen LogP contribution in [0, 0.1) is 0 Å². The number of benzene rings is 1. The van der Waals surface area contributed by atoms with Gasteiger partial charge in [-0.25, -0.2) is 5.90 Å². The maximum Gasteiger partial charge on any atom is 0.573 e. The molecule has 0 saturated heterocycles. The van der Waals surface area contributed by atoms with Gasteiger partial charge in [-0.15, -0.1) is 13.2 Å². The highest BCUT2D eigenvalue weighted by Gasteiger charge is 2.31. The minimum absolute atomic E-state index is 0.296. The Kier molecular flexibility index (Phi) is 3.44. The van der Waals surface area contributed by atoms with Crippen molar-refractivity contribution >= 4 is 0 Å². The van der Waals surface area contributed by atoms with E-state index < -0.39 is 12.0 Å². The molecule has 0 bridgehead atoms. The molecule has 0 aliphatic rings. The fourth-order valence-corrected chi connectivity index (χ4v) is 1.14. The Balaban J connectivity index is 2.96. The van der Waals surface area contributed by atoms with Crippen LogP contribution in [-0.4, -0.2) is 6.36 Å². The zero-order chi connectivity index (χ0) is 12.4. The van der Waals surface area contributed by atoms with E-state index in [1.54, 1.807) is 19.9 Å². The molecule has 0 fully saturated rings. The molecule has 1 rings (SSSR count). The summed E-state index contributed by atoms with van der Waals surface area (Å²) in [6.45, 7) is 3.28. The van der Waals surface area contributed by atoms with Gasteiger partial charge in [-0.2, -0.15) is 0 Å². The maximum absolute atomic E-state index is 12.0. The molecule has 0 atom stereocenters. The first kappa shape index (κ1) is 12.8. The summed E-state index contributed by atoms with van der Waals surface area (Å²) in [5, 5.41) is 0. The van der Waals surface area contributed by atoms with E-state index in [1.165, 1.54) is 18.2 Å². The Morgan fingerprint density at radius 3 is 2.31 bits per heavy atom. The molecule has 2 N–H and O–H groups in total. The topological polar surface area (TPSA) is 44.5 Å². The summed E-state index contributed by atoms with van der Waals surface area (Å²) in [5.74, 6) is 4.76. The second-order valence-electron chi connectivity index (χ2n) is 3.70. The summed E-state index contributed by atoms with van der Waals surface area (Å²) < 4.78 is 39.7. The molecule has 1 aromatic carbocycles. The molecule has 0 amide bonds. The second-order valence-corrected chi connectivity index (χ2v) is 3.70. The molecule has 0 aliphatic heterocycles. The van der Waals surface area contributed by atoms with Crippen LogP contribution in [0.2, 0.25) is 0 Å². The van der Waals surface area contributed by atoms with Crippen LogP contribution in [0.4, 0.5) is 13.2 Å². The monoisotopic (exact) mass is 235 g/mol.